The quantitative estimate of drug-likeness (QED) is 0.623. The van der Waals surface area contributed by atoms with Crippen molar-refractivity contribution in [1.82, 2.24) is 10.2 Å². The van der Waals surface area contributed by atoms with Crippen molar-refractivity contribution in [3.8, 4) is 0 Å². The largest absolute Gasteiger partial charge is 0.355 e. The minimum atomic E-state index is -0.769. The van der Waals surface area contributed by atoms with Crippen molar-refractivity contribution in [3.05, 3.63) is 59.1 Å². The third kappa shape index (κ3) is 5.59. The summed E-state index contributed by atoms with van der Waals surface area (Å²) < 4.78 is 0. The second-order valence-corrected chi connectivity index (χ2v) is 8.04. The maximum atomic E-state index is 13.3. The molecule has 9 heteroatoms. The van der Waals surface area contributed by atoms with E-state index in [1.165, 1.54) is 11.8 Å². The Morgan fingerprint density at radius 1 is 1.10 bits per heavy atom. The predicted octanol–water partition coefficient (Wildman–Crippen LogP) is 3.12. The van der Waals surface area contributed by atoms with Crippen molar-refractivity contribution < 1.29 is 14.4 Å². The lowest BCUT2D eigenvalue weighted by molar-refractivity contribution is -0.124. The van der Waals surface area contributed by atoms with Gasteiger partial charge in [0.25, 0.3) is 5.91 Å². The van der Waals surface area contributed by atoms with E-state index in [2.05, 4.69) is 10.6 Å². The molecule has 2 N–H and O–H groups in total. The van der Waals surface area contributed by atoms with Gasteiger partial charge in [-0.15, -0.1) is 0 Å². The van der Waals surface area contributed by atoms with E-state index in [-0.39, 0.29) is 24.1 Å². The van der Waals surface area contributed by atoms with Crippen molar-refractivity contribution >= 4 is 58.0 Å². The van der Waals surface area contributed by atoms with Crippen LogP contribution >= 0.6 is 23.8 Å². The molecule has 2 aromatic carbocycles. The molecule has 7 nitrogen and oxygen atoms in total. The van der Waals surface area contributed by atoms with Crippen LogP contribution in [0, 0.1) is 6.92 Å². The summed E-state index contributed by atoms with van der Waals surface area (Å²) in [6, 6.07) is 13.4. The molecule has 0 spiro atoms. The van der Waals surface area contributed by atoms with Gasteiger partial charge in [0.15, 0.2) is 5.11 Å². The number of hydrogen-bond acceptors (Lipinski definition) is 4. The first-order chi connectivity index (χ1) is 14.8. The van der Waals surface area contributed by atoms with Crippen LogP contribution in [0.25, 0.3) is 0 Å². The number of thiocarbonyl (C=S) groups is 1. The summed E-state index contributed by atoms with van der Waals surface area (Å²) in [5.74, 6) is -0.773. The van der Waals surface area contributed by atoms with E-state index in [9.17, 15) is 14.4 Å². The number of hydrogen-bond donors (Lipinski definition) is 2. The van der Waals surface area contributed by atoms with Gasteiger partial charge in [-0.1, -0.05) is 29.3 Å². The van der Waals surface area contributed by atoms with Crippen molar-refractivity contribution in [3.63, 3.8) is 0 Å². The Morgan fingerprint density at radius 2 is 1.74 bits per heavy atom. The van der Waals surface area contributed by atoms with E-state index in [1.807, 2.05) is 31.2 Å². The summed E-state index contributed by atoms with van der Waals surface area (Å²) in [5.41, 5.74) is 2.29. The number of carbonyl (C=O) groups excluding carboxylic acids is 3. The molecule has 1 aliphatic heterocycles. The minimum Gasteiger partial charge on any atom is -0.355 e. The number of benzene rings is 2. The lowest BCUT2D eigenvalue weighted by atomic mass is 10.1. The fraction of sp³-hybridized carbons (Fsp3) is 0.273. The van der Waals surface area contributed by atoms with Crippen LogP contribution < -0.4 is 15.5 Å². The Hall–Kier alpha value is -2.97. The molecule has 0 saturated carbocycles. The first kappa shape index (κ1) is 22.7. The van der Waals surface area contributed by atoms with Gasteiger partial charge in [0, 0.05) is 30.7 Å². The molecule has 1 aliphatic rings. The highest BCUT2D eigenvalue weighted by atomic mass is 35.5. The Balaban J connectivity index is 1.79. The van der Waals surface area contributed by atoms with Gasteiger partial charge in [-0.25, -0.2) is 0 Å². The Bertz CT molecular complexity index is 995. The lowest BCUT2D eigenvalue weighted by Crippen LogP contribution is -2.42. The van der Waals surface area contributed by atoms with Gasteiger partial charge in [0.1, 0.15) is 6.04 Å². The van der Waals surface area contributed by atoms with Gasteiger partial charge in [0.2, 0.25) is 11.8 Å². The first-order valence-electron chi connectivity index (χ1n) is 9.77. The fourth-order valence-corrected chi connectivity index (χ4v) is 3.83. The zero-order valence-corrected chi connectivity index (χ0v) is 18.8. The Kier molecular flexibility index (Phi) is 7.25. The number of anilines is 2. The molecule has 31 heavy (non-hydrogen) atoms. The topological polar surface area (TPSA) is 81.8 Å². The monoisotopic (exact) mass is 458 g/mol. The van der Waals surface area contributed by atoms with Crippen LogP contribution in [0.4, 0.5) is 11.4 Å². The highest BCUT2D eigenvalue weighted by molar-refractivity contribution is 7.80. The maximum Gasteiger partial charge on any atom is 0.256 e. The van der Waals surface area contributed by atoms with Crippen LogP contribution in [-0.4, -0.2) is 46.9 Å². The third-order valence-electron chi connectivity index (χ3n) is 4.84. The first-order valence-corrected chi connectivity index (χ1v) is 10.6. The molecule has 0 bridgehead atoms. The molecule has 0 aliphatic carbocycles. The van der Waals surface area contributed by atoms with Gasteiger partial charge in [0.05, 0.1) is 12.1 Å². The normalized spacial score (nSPS) is 15.9. The highest BCUT2D eigenvalue weighted by Crippen LogP contribution is 2.27. The van der Waals surface area contributed by atoms with Crippen LogP contribution in [0.1, 0.15) is 18.9 Å². The second kappa shape index (κ2) is 9.89. The molecule has 1 fully saturated rings. The molecular weight excluding hydrogens is 436 g/mol. The van der Waals surface area contributed by atoms with E-state index in [1.54, 1.807) is 29.2 Å². The van der Waals surface area contributed by atoms with E-state index < -0.39 is 6.04 Å². The molecule has 1 saturated heterocycles. The number of aryl methyl sites for hydroxylation is 1. The molecule has 1 heterocycles. The molecule has 3 amide bonds. The fourth-order valence-electron chi connectivity index (χ4n) is 3.29. The van der Waals surface area contributed by atoms with Crippen molar-refractivity contribution in [2.24, 2.45) is 0 Å². The minimum absolute atomic E-state index is 0.0793. The smallest absolute Gasteiger partial charge is 0.256 e. The van der Waals surface area contributed by atoms with Gasteiger partial charge < -0.3 is 15.5 Å². The zero-order chi connectivity index (χ0) is 22.5. The van der Waals surface area contributed by atoms with Gasteiger partial charge in [-0.2, -0.15) is 0 Å². The highest BCUT2D eigenvalue weighted by Gasteiger charge is 2.43. The van der Waals surface area contributed by atoms with Crippen LogP contribution in [0.5, 0.6) is 0 Å². The summed E-state index contributed by atoms with van der Waals surface area (Å²) >= 11 is 11.5. The SMILES string of the molecule is CC(=O)NCCN1C(=S)N(c2ccc(C)cc2)C(=O)C1CC(=O)Nc1ccc(Cl)cc1. The number of nitrogens with zero attached hydrogens (tertiary/aromatic N) is 2. The van der Waals surface area contributed by atoms with Crippen LogP contribution in [0.3, 0.4) is 0 Å². The van der Waals surface area contributed by atoms with Crippen molar-refractivity contribution in [2.75, 3.05) is 23.3 Å². The molecule has 0 radical (unpaired) electrons. The number of carbonyl (C=O) groups is 3. The molecular formula is C22H23ClN4O3S. The Labute approximate surface area is 191 Å². The standard InChI is InChI=1S/C22H23ClN4O3S/c1-14-3-9-18(10-4-14)27-21(30)19(26(22(27)31)12-11-24-15(2)28)13-20(29)25-17-7-5-16(23)6-8-17/h3-10,19H,11-13H2,1-2H3,(H,24,28)(H,25,29). The molecule has 1 unspecified atom stereocenters. The summed E-state index contributed by atoms with van der Waals surface area (Å²) in [4.78, 5) is 40.3. The van der Waals surface area contributed by atoms with Crippen molar-refractivity contribution in [2.45, 2.75) is 26.3 Å². The molecule has 162 valence electrons. The van der Waals surface area contributed by atoms with Gasteiger partial charge in [-0.3, -0.25) is 19.3 Å². The predicted molar refractivity (Wildman–Crippen MR) is 125 cm³/mol. The van der Waals surface area contributed by atoms with Gasteiger partial charge >= 0.3 is 0 Å². The molecule has 3 rings (SSSR count). The van der Waals surface area contributed by atoms with E-state index in [0.717, 1.165) is 5.56 Å². The summed E-state index contributed by atoms with van der Waals surface area (Å²) in [6.45, 7) is 3.99. The second-order valence-electron chi connectivity index (χ2n) is 7.24. The van der Waals surface area contributed by atoms with E-state index in [4.69, 9.17) is 23.8 Å². The number of rotatable bonds is 7. The third-order valence-corrected chi connectivity index (χ3v) is 5.51. The average molecular weight is 459 g/mol. The van der Waals surface area contributed by atoms with Crippen LogP contribution in [0.15, 0.2) is 48.5 Å². The van der Waals surface area contributed by atoms with Crippen molar-refractivity contribution in [1.29, 1.82) is 0 Å². The number of halogens is 1. The number of amides is 3. The maximum absolute atomic E-state index is 13.3. The summed E-state index contributed by atoms with van der Waals surface area (Å²) in [6.07, 6.45) is -0.0793. The van der Waals surface area contributed by atoms with Crippen LogP contribution in [-0.2, 0) is 14.4 Å². The summed E-state index contributed by atoms with van der Waals surface area (Å²) in [7, 11) is 0. The molecule has 1 atom stereocenters. The zero-order valence-electron chi connectivity index (χ0n) is 17.2. The average Bonchev–Trinajstić information content (AvgIpc) is 2.94. The van der Waals surface area contributed by atoms with E-state index in [0.29, 0.717) is 34.6 Å². The summed E-state index contributed by atoms with van der Waals surface area (Å²) in [5, 5.41) is 6.36. The van der Waals surface area contributed by atoms with E-state index >= 15 is 0 Å². The van der Waals surface area contributed by atoms with Gasteiger partial charge in [-0.05, 0) is 55.5 Å². The lowest BCUT2D eigenvalue weighted by Gasteiger charge is -2.24. The number of nitrogens with one attached hydrogen (secondary N) is 2. The molecule has 0 aromatic heterocycles. The Morgan fingerprint density at radius 3 is 2.35 bits per heavy atom. The molecule has 2 aromatic rings. The van der Waals surface area contributed by atoms with Crippen LogP contribution in [0.2, 0.25) is 5.02 Å².